The minimum absolute atomic E-state index is 0.0212. The summed E-state index contributed by atoms with van der Waals surface area (Å²) in [6, 6.07) is 0. The average Bonchev–Trinajstić information content (AvgIpc) is 2.58. The molecule has 2 unspecified atom stereocenters. The minimum atomic E-state index is -4.24. The summed E-state index contributed by atoms with van der Waals surface area (Å²) in [4.78, 5) is 23.0. The summed E-state index contributed by atoms with van der Waals surface area (Å²) in [7, 11) is -4.24. The van der Waals surface area contributed by atoms with Gasteiger partial charge in [0.05, 0.1) is 18.5 Å². The van der Waals surface area contributed by atoms with Crippen molar-refractivity contribution in [1.29, 1.82) is 0 Å². The summed E-state index contributed by atoms with van der Waals surface area (Å²) >= 11 is 0. The quantitative estimate of drug-likeness (QED) is 0.270. The summed E-state index contributed by atoms with van der Waals surface area (Å²) < 4.78 is 38.5. The van der Waals surface area contributed by atoms with Crippen LogP contribution >= 0.6 is 0 Å². The molecule has 2 aliphatic rings. The lowest BCUT2D eigenvalue weighted by Crippen LogP contribution is -2.72. The van der Waals surface area contributed by atoms with E-state index in [4.69, 9.17) is 4.74 Å². The van der Waals surface area contributed by atoms with Crippen molar-refractivity contribution in [2.45, 2.75) is 45.0 Å². The largest absolute Gasteiger partial charge is 0.445 e. The predicted molar refractivity (Wildman–Crippen MR) is 82.6 cm³/mol. The third-order valence-electron chi connectivity index (χ3n) is 4.76. The zero-order chi connectivity index (χ0) is 17.6. The highest BCUT2D eigenvalue weighted by Crippen LogP contribution is 2.49. The molecule has 0 aromatic carbocycles. The Kier molecular flexibility index (Phi) is 4.29. The summed E-state index contributed by atoms with van der Waals surface area (Å²) in [5, 5.41) is -0.988. The second kappa shape index (κ2) is 5.54. The van der Waals surface area contributed by atoms with Crippen LogP contribution in [-0.4, -0.2) is 53.1 Å². The van der Waals surface area contributed by atoms with Crippen molar-refractivity contribution in [1.82, 2.24) is 0 Å². The minimum Gasteiger partial charge on any atom is -0.445 e. The molecule has 2 aliphatic heterocycles. The molecular formula is C15H22NO6S+. The predicted octanol–water partition coefficient (Wildman–Crippen LogP) is 1.18. The topological polar surface area (TPSA) is 97.7 Å². The summed E-state index contributed by atoms with van der Waals surface area (Å²) in [6.45, 7) is 7.11. The Morgan fingerprint density at radius 2 is 1.87 bits per heavy atom. The lowest BCUT2D eigenvalue weighted by Gasteiger charge is -2.52. The van der Waals surface area contributed by atoms with Crippen molar-refractivity contribution < 1.29 is 31.8 Å². The standard InChI is InChI=1S/C15H21NO6S/c1-10(17)12(11(2)18)5-6-13-16(15(3,4)9-22-13)8-7-14(16)23(19,20)21/h5-6,14H,7-9H2,1-4H3/p+1. The molecule has 128 valence electrons. The first-order valence-electron chi connectivity index (χ1n) is 7.35. The number of hydrogen-bond acceptors (Lipinski definition) is 5. The lowest BCUT2D eigenvalue weighted by atomic mass is 9.94. The number of ether oxygens (including phenoxy) is 1. The van der Waals surface area contributed by atoms with Crippen LogP contribution in [0.3, 0.4) is 0 Å². The van der Waals surface area contributed by atoms with Gasteiger partial charge in [0.2, 0.25) is 5.37 Å². The molecule has 2 rings (SSSR count). The van der Waals surface area contributed by atoms with Gasteiger partial charge in [0.1, 0.15) is 12.1 Å². The monoisotopic (exact) mass is 344 g/mol. The first-order chi connectivity index (χ1) is 10.4. The van der Waals surface area contributed by atoms with Crippen LogP contribution in [0.2, 0.25) is 0 Å². The van der Waals surface area contributed by atoms with Gasteiger partial charge in [-0.05, 0) is 33.8 Å². The Bertz CT molecular complexity index is 702. The second-order valence-corrected chi connectivity index (χ2v) is 8.22. The van der Waals surface area contributed by atoms with Crippen LogP contribution in [-0.2, 0) is 24.4 Å². The van der Waals surface area contributed by atoms with Crippen LogP contribution in [0.25, 0.3) is 0 Å². The zero-order valence-electron chi connectivity index (χ0n) is 13.7. The molecule has 1 N–H and O–H groups in total. The smallest absolute Gasteiger partial charge is 0.320 e. The molecule has 2 saturated heterocycles. The van der Waals surface area contributed by atoms with Gasteiger partial charge in [-0.15, -0.1) is 0 Å². The molecule has 0 aromatic heterocycles. The van der Waals surface area contributed by atoms with E-state index in [-0.39, 0.29) is 28.2 Å². The number of Topliss-reactive ketones (excluding diaryl/α,β-unsaturated/α-hetero) is 2. The van der Waals surface area contributed by atoms with Crippen LogP contribution in [0.15, 0.2) is 23.6 Å². The number of carbonyl (C=O) groups excluding carboxylic acids is 2. The summed E-state index contributed by atoms with van der Waals surface area (Å²) in [6.07, 6.45) is 3.17. The highest BCUT2D eigenvalue weighted by molar-refractivity contribution is 7.86. The molecule has 1 spiro atoms. The van der Waals surface area contributed by atoms with E-state index in [1.807, 2.05) is 13.8 Å². The molecule has 0 bridgehead atoms. The van der Waals surface area contributed by atoms with Crippen LogP contribution in [0.4, 0.5) is 0 Å². The molecule has 0 saturated carbocycles. The van der Waals surface area contributed by atoms with Crippen molar-refractivity contribution in [3.63, 3.8) is 0 Å². The number of hydrogen-bond donors (Lipinski definition) is 1. The van der Waals surface area contributed by atoms with E-state index in [0.29, 0.717) is 18.8 Å². The summed E-state index contributed by atoms with van der Waals surface area (Å²) in [5.74, 6) is -0.384. The van der Waals surface area contributed by atoms with Gasteiger partial charge in [-0.25, -0.2) is 4.48 Å². The fraction of sp³-hybridized carbons (Fsp3) is 0.600. The van der Waals surface area contributed by atoms with E-state index in [1.165, 1.54) is 26.0 Å². The normalized spacial score (nSPS) is 30.7. The van der Waals surface area contributed by atoms with Crippen molar-refractivity contribution in [3.05, 3.63) is 23.6 Å². The Balaban J connectivity index is 2.51. The maximum absolute atomic E-state index is 11.7. The number of quaternary nitrogens is 1. The molecule has 23 heavy (non-hydrogen) atoms. The fourth-order valence-corrected chi connectivity index (χ4v) is 4.76. The Morgan fingerprint density at radius 1 is 1.30 bits per heavy atom. The molecule has 8 heteroatoms. The first-order valence-corrected chi connectivity index (χ1v) is 8.85. The Hall–Kier alpha value is -1.51. The highest BCUT2D eigenvalue weighted by Gasteiger charge is 2.68. The van der Waals surface area contributed by atoms with E-state index in [1.54, 1.807) is 0 Å². The van der Waals surface area contributed by atoms with E-state index < -0.39 is 21.0 Å². The second-order valence-electron chi connectivity index (χ2n) is 6.65. The molecule has 0 amide bonds. The number of allylic oxidation sites excluding steroid dienone is 3. The van der Waals surface area contributed by atoms with E-state index in [9.17, 15) is 22.6 Å². The van der Waals surface area contributed by atoms with Gasteiger partial charge in [-0.3, -0.25) is 14.1 Å². The fourth-order valence-electron chi connectivity index (χ4n) is 3.41. The first kappa shape index (κ1) is 17.8. The molecule has 0 aliphatic carbocycles. The summed E-state index contributed by atoms with van der Waals surface area (Å²) in [5.41, 5.74) is -0.516. The van der Waals surface area contributed by atoms with Crippen molar-refractivity contribution in [3.8, 4) is 0 Å². The molecule has 2 fully saturated rings. The van der Waals surface area contributed by atoms with E-state index in [2.05, 4.69) is 0 Å². The van der Waals surface area contributed by atoms with Crippen molar-refractivity contribution in [2.24, 2.45) is 0 Å². The number of carbonyl (C=O) groups is 2. The van der Waals surface area contributed by atoms with Crippen LogP contribution in [0, 0.1) is 0 Å². The molecular weight excluding hydrogens is 322 g/mol. The lowest BCUT2D eigenvalue weighted by molar-refractivity contribution is -0.978. The molecule has 2 atom stereocenters. The maximum atomic E-state index is 11.7. The van der Waals surface area contributed by atoms with Gasteiger partial charge >= 0.3 is 10.1 Å². The van der Waals surface area contributed by atoms with Crippen LogP contribution in [0.1, 0.15) is 34.1 Å². The van der Waals surface area contributed by atoms with Crippen LogP contribution < -0.4 is 0 Å². The molecule has 0 radical (unpaired) electrons. The number of rotatable bonds is 4. The third kappa shape index (κ3) is 2.75. The van der Waals surface area contributed by atoms with Crippen molar-refractivity contribution >= 4 is 21.7 Å². The number of ketones is 2. The number of nitrogens with zero attached hydrogens (tertiary/aromatic N) is 1. The van der Waals surface area contributed by atoms with E-state index in [0.717, 1.165) is 0 Å². The Morgan fingerprint density at radius 3 is 2.26 bits per heavy atom. The Labute approximate surface area is 135 Å². The third-order valence-corrected chi connectivity index (χ3v) is 6.05. The van der Waals surface area contributed by atoms with Gasteiger partial charge in [0.15, 0.2) is 11.6 Å². The van der Waals surface area contributed by atoms with Gasteiger partial charge in [0.25, 0.3) is 5.88 Å². The zero-order valence-corrected chi connectivity index (χ0v) is 14.5. The highest BCUT2D eigenvalue weighted by atomic mass is 32.2. The van der Waals surface area contributed by atoms with Gasteiger partial charge in [-0.2, -0.15) is 8.42 Å². The molecule has 0 aromatic rings. The van der Waals surface area contributed by atoms with Gasteiger partial charge in [-0.1, -0.05) is 0 Å². The van der Waals surface area contributed by atoms with Crippen molar-refractivity contribution in [2.75, 3.05) is 13.2 Å². The van der Waals surface area contributed by atoms with Gasteiger partial charge < -0.3 is 4.74 Å². The van der Waals surface area contributed by atoms with Crippen LogP contribution in [0.5, 0.6) is 0 Å². The molecule has 2 heterocycles. The average molecular weight is 344 g/mol. The maximum Gasteiger partial charge on any atom is 0.320 e. The van der Waals surface area contributed by atoms with Gasteiger partial charge in [0, 0.05) is 6.08 Å². The van der Waals surface area contributed by atoms with E-state index >= 15 is 0 Å². The molecule has 7 nitrogen and oxygen atoms in total. The SMILES string of the molecule is CC(=O)C(=CC=C1OCC(C)(C)[N+]12CCC2S(=O)(=O)O)C(C)=O.